The van der Waals surface area contributed by atoms with Gasteiger partial charge in [0.15, 0.2) is 0 Å². The molecule has 0 spiro atoms. The first-order valence-electron chi connectivity index (χ1n) is 1.28. The standard InChI is InChI=1S/CH2O3.Mn.2Na.H2O4S/c2-1(3)4;;;;1-5(2,3)4/h(H2,2,3,4);;;;(H2,1,2,3,4)/q;+2;2*+1;/p-4. The summed E-state index contributed by atoms with van der Waals surface area (Å²) in [6.45, 7) is 0. The van der Waals surface area contributed by atoms with Crippen molar-refractivity contribution in [2.24, 2.45) is 0 Å². The van der Waals surface area contributed by atoms with Crippen LogP contribution in [0.1, 0.15) is 0 Å². The molecule has 7 nitrogen and oxygen atoms in total. The first-order valence-corrected chi connectivity index (χ1v) is 2.61. The Morgan fingerprint density at radius 2 is 1.00 bits per heavy atom. The number of rotatable bonds is 0. The average molecular weight is 257 g/mol. The number of carbonyl (C=O) groups excluding carboxylic acids is 1. The van der Waals surface area contributed by atoms with E-state index in [2.05, 4.69) is 0 Å². The summed E-state index contributed by atoms with van der Waals surface area (Å²) in [6.07, 6.45) is -2.33. The van der Waals surface area contributed by atoms with Crippen LogP contribution in [-0.2, 0) is 27.5 Å². The normalized spacial score (nSPS) is 6.83. The largest absolute Gasteiger partial charge is 2.00 e. The van der Waals surface area contributed by atoms with E-state index in [1.165, 1.54) is 0 Å². The molecule has 0 fully saturated rings. The Morgan fingerprint density at radius 1 is 1.00 bits per heavy atom. The maximum absolute atomic E-state index is 8.52. The molecule has 0 aliphatic heterocycles. The monoisotopic (exact) mass is 257 g/mol. The van der Waals surface area contributed by atoms with Gasteiger partial charge in [-0.3, -0.25) is 8.42 Å². The molecule has 0 saturated carbocycles. The second kappa shape index (κ2) is 15.1. The van der Waals surface area contributed by atoms with Crippen LogP contribution in [0.25, 0.3) is 0 Å². The van der Waals surface area contributed by atoms with Crippen molar-refractivity contribution in [2.75, 3.05) is 0 Å². The Labute approximate surface area is 124 Å². The zero-order chi connectivity index (χ0) is 8.08. The smallest absolute Gasteiger partial charge is 0.759 e. The summed E-state index contributed by atoms with van der Waals surface area (Å²) >= 11 is 0. The zero-order valence-electron chi connectivity index (χ0n) is 6.14. The van der Waals surface area contributed by atoms with Crippen LogP contribution in [0.2, 0.25) is 0 Å². The van der Waals surface area contributed by atoms with Gasteiger partial charge in [0.25, 0.3) is 0 Å². The zero-order valence-corrected chi connectivity index (χ0v) is 12.1. The van der Waals surface area contributed by atoms with Crippen molar-refractivity contribution in [2.45, 2.75) is 0 Å². The van der Waals surface area contributed by atoms with Crippen molar-refractivity contribution in [3.8, 4) is 0 Å². The van der Waals surface area contributed by atoms with E-state index in [9.17, 15) is 0 Å². The predicted molar refractivity (Wildman–Crippen MR) is 15.9 cm³/mol. The van der Waals surface area contributed by atoms with E-state index < -0.39 is 16.6 Å². The van der Waals surface area contributed by atoms with E-state index >= 15 is 0 Å². The Kier molecular flexibility index (Phi) is 36.8. The quantitative estimate of drug-likeness (QED) is 0.238. The maximum atomic E-state index is 8.52. The second-order valence-electron chi connectivity index (χ2n) is 0.658. The van der Waals surface area contributed by atoms with Gasteiger partial charge in [0.1, 0.15) is 0 Å². The summed E-state index contributed by atoms with van der Waals surface area (Å²) in [5, 5.41) is 16.7. The first kappa shape index (κ1) is 29.2. The fourth-order valence-electron chi connectivity index (χ4n) is 0. The van der Waals surface area contributed by atoms with Crippen molar-refractivity contribution in [1.82, 2.24) is 0 Å². The van der Waals surface area contributed by atoms with Gasteiger partial charge in [-0.2, -0.15) is 0 Å². The van der Waals surface area contributed by atoms with E-state index in [1.54, 1.807) is 0 Å². The minimum absolute atomic E-state index is 0. The topological polar surface area (TPSA) is 143 Å². The SMILES string of the molecule is O=C([O-])[O-].O=S(=O)([O-])[O-].[Mn+2].[Na+].[Na+]. The molecule has 0 atom stereocenters. The molecule has 11 heteroatoms. The summed E-state index contributed by atoms with van der Waals surface area (Å²) in [6, 6.07) is 0. The van der Waals surface area contributed by atoms with E-state index in [0.29, 0.717) is 0 Å². The van der Waals surface area contributed by atoms with Crippen LogP contribution in [0.3, 0.4) is 0 Å². The molecule has 0 aliphatic rings. The Hall–Kier alpha value is 1.66. The van der Waals surface area contributed by atoms with Crippen molar-refractivity contribution in [3.63, 3.8) is 0 Å². The van der Waals surface area contributed by atoms with Gasteiger partial charge in [-0.1, -0.05) is 0 Å². The third kappa shape index (κ3) is 481. The van der Waals surface area contributed by atoms with Crippen LogP contribution in [0.5, 0.6) is 0 Å². The fourth-order valence-corrected chi connectivity index (χ4v) is 0. The van der Waals surface area contributed by atoms with Gasteiger partial charge in [-0.05, 0) is 6.16 Å². The molecule has 0 heterocycles. The summed E-state index contributed by atoms with van der Waals surface area (Å²) in [4.78, 5) is 8.33. The van der Waals surface area contributed by atoms with Crippen LogP contribution >= 0.6 is 0 Å². The van der Waals surface area contributed by atoms with E-state index in [0.717, 1.165) is 0 Å². The first-order chi connectivity index (χ1) is 3.73. The van der Waals surface area contributed by atoms with Crippen LogP contribution < -0.4 is 69.3 Å². The van der Waals surface area contributed by atoms with E-state index in [4.69, 9.17) is 32.5 Å². The fraction of sp³-hybridized carbons (Fsp3) is 0. The molecule has 0 bridgehead atoms. The van der Waals surface area contributed by atoms with Gasteiger partial charge < -0.3 is 24.1 Å². The van der Waals surface area contributed by atoms with Crippen LogP contribution in [0, 0.1) is 0 Å². The third-order valence-corrected chi connectivity index (χ3v) is 0. The van der Waals surface area contributed by atoms with Crippen LogP contribution in [-0.4, -0.2) is 23.7 Å². The summed E-state index contributed by atoms with van der Waals surface area (Å²) in [7, 11) is -5.17. The maximum Gasteiger partial charge on any atom is 2.00 e. The molecular formula is CMnNa2O7S. The summed E-state index contributed by atoms with van der Waals surface area (Å²) in [5.41, 5.74) is 0. The molecule has 0 unspecified atom stereocenters. The number of carboxylic acid groups (broad SMARTS) is 2. The van der Waals surface area contributed by atoms with Gasteiger partial charge in [0.2, 0.25) is 0 Å². The molecule has 0 rings (SSSR count). The molecule has 0 aromatic carbocycles. The van der Waals surface area contributed by atoms with Crippen LogP contribution in [0.15, 0.2) is 0 Å². The van der Waals surface area contributed by atoms with Gasteiger partial charge >= 0.3 is 76.2 Å². The van der Waals surface area contributed by atoms with Crippen molar-refractivity contribution >= 4 is 16.6 Å². The molecule has 61 valence electrons. The van der Waals surface area contributed by atoms with E-state index in [-0.39, 0.29) is 76.2 Å². The molecule has 0 aliphatic carbocycles. The van der Waals surface area contributed by atoms with Crippen molar-refractivity contribution in [1.29, 1.82) is 0 Å². The minimum Gasteiger partial charge on any atom is -0.759 e. The second-order valence-corrected chi connectivity index (χ2v) is 1.47. The molecular weight excluding hydrogens is 257 g/mol. The molecule has 0 amide bonds. The molecule has 0 aromatic heterocycles. The van der Waals surface area contributed by atoms with E-state index in [1.807, 2.05) is 0 Å². The number of hydrogen-bond acceptors (Lipinski definition) is 7. The van der Waals surface area contributed by atoms with Gasteiger partial charge in [-0.25, -0.2) is 0 Å². The van der Waals surface area contributed by atoms with Crippen molar-refractivity contribution in [3.05, 3.63) is 0 Å². The summed E-state index contributed by atoms with van der Waals surface area (Å²) < 4.78 is 34.1. The summed E-state index contributed by atoms with van der Waals surface area (Å²) in [5.74, 6) is 0. The van der Waals surface area contributed by atoms with Crippen LogP contribution in [0.4, 0.5) is 4.79 Å². The predicted octanol–water partition coefficient (Wildman–Crippen LogP) is -9.78. The van der Waals surface area contributed by atoms with Gasteiger partial charge in [0, 0.05) is 10.4 Å². The third-order valence-electron chi connectivity index (χ3n) is 0. The Bertz CT molecular complexity index is 164. The number of hydrogen-bond donors (Lipinski definition) is 0. The molecule has 1 radical (unpaired) electrons. The van der Waals surface area contributed by atoms with Gasteiger partial charge in [-0.15, -0.1) is 0 Å². The van der Waals surface area contributed by atoms with Crippen molar-refractivity contribution < 1.29 is 109 Å². The Balaban J connectivity index is -0.0000000221. The molecule has 0 N–H and O–H groups in total. The number of carbonyl (C=O) groups is 1. The molecule has 0 saturated heterocycles. The van der Waals surface area contributed by atoms with Gasteiger partial charge in [0.05, 0.1) is 0 Å². The molecule has 12 heavy (non-hydrogen) atoms. The minimum atomic E-state index is -5.17. The average Bonchev–Trinajstić information content (AvgIpc) is 1.19. The molecule has 0 aromatic rings. The Morgan fingerprint density at radius 3 is 1.00 bits per heavy atom.